The SMILES string of the molecule is CC(C)C(NC(=O)c1ccc(=O)n(-c2ccc(F)cc2)n1)c1cccc(C(F)(F)F)c1. The first-order chi connectivity index (χ1) is 14.6. The van der Waals surface area contributed by atoms with Gasteiger partial charge in [-0.3, -0.25) is 9.59 Å². The molecule has 0 aliphatic carbocycles. The maximum atomic E-state index is 13.2. The van der Waals surface area contributed by atoms with E-state index in [1.165, 1.54) is 30.3 Å². The summed E-state index contributed by atoms with van der Waals surface area (Å²) in [6.07, 6.45) is -4.51. The highest BCUT2D eigenvalue weighted by Crippen LogP contribution is 2.32. The van der Waals surface area contributed by atoms with E-state index in [-0.39, 0.29) is 17.3 Å². The van der Waals surface area contributed by atoms with Crippen LogP contribution >= 0.6 is 0 Å². The Morgan fingerprint density at radius 1 is 1.03 bits per heavy atom. The fourth-order valence-electron chi connectivity index (χ4n) is 3.06. The fourth-order valence-corrected chi connectivity index (χ4v) is 3.06. The molecular formula is C22H19F4N3O2. The summed E-state index contributed by atoms with van der Waals surface area (Å²) in [4.78, 5) is 24.9. The Labute approximate surface area is 175 Å². The number of alkyl halides is 3. The van der Waals surface area contributed by atoms with E-state index in [1.54, 1.807) is 13.8 Å². The third-order valence-electron chi connectivity index (χ3n) is 4.63. The minimum Gasteiger partial charge on any atom is -0.344 e. The molecule has 1 amide bonds. The van der Waals surface area contributed by atoms with Gasteiger partial charge in [0.2, 0.25) is 0 Å². The second kappa shape index (κ2) is 8.71. The van der Waals surface area contributed by atoms with Crippen LogP contribution in [-0.2, 0) is 6.18 Å². The number of nitrogens with one attached hydrogen (secondary N) is 1. The Morgan fingerprint density at radius 2 is 1.71 bits per heavy atom. The molecule has 162 valence electrons. The van der Waals surface area contributed by atoms with E-state index in [1.807, 2.05) is 0 Å². The molecule has 0 aliphatic rings. The molecule has 3 aromatic rings. The lowest BCUT2D eigenvalue weighted by molar-refractivity contribution is -0.137. The second-order valence-electron chi connectivity index (χ2n) is 7.26. The van der Waals surface area contributed by atoms with Crippen molar-refractivity contribution in [2.75, 3.05) is 0 Å². The van der Waals surface area contributed by atoms with Crippen LogP contribution in [0.25, 0.3) is 5.69 Å². The third-order valence-corrected chi connectivity index (χ3v) is 4.63. The van der Waals surface area contributed by atoms with Gasteiger partial charge in [0, 0.05) is 6.07 Å². The number of nitrogens with zero attached hydrogens (tertiary/aromatic N) is 2. The normalized spacial score (nSPS) is 12.6. The quantitative estimate of drug-likeness (QED) is 0.602. The molecule has 9 heteroatoms. The van der Waals surface area contributed by atoms with E-state index >= 15 is 0 Å². The summed E-state index contributed by atoms with van der Waals surface area (Å²) in [7, 11) is 0. The summed E-state index contributed by atoms with van der Waals surface area (Å²) in [5.74, 6) is -1.38. The molecule has 3 rings (SSSR count). The Hall–Kier alpha value is -3.49. The zero-order valence-electron chi connectivity index (χ0n) is 16.7. The zero-order chi connectivity index (χ0) is 22.8. The Balaban J connectivity index is 1.91. The van der Waals surface area contributed by atoms with Crippen LogP contribution in [0.4, 0.5) is 17.6 Å². The van der Waals surface area contributed by atoms with Gasteiger partial charge < -0.3 is 5.32 Å². The molecule has 0 bridgehead atoms. The predicted molar refractivity (Wildman–Crippen MR) is 106 cm³/mol. The largest absolute Gasteiger partial charge is 0.416 e. The number of hydrogen-bond donors (Lipinski definition) is 1. The van der Waals surface area contributed by atoms with Crippen molar-refractivity contribution >= 4 is 5.91 Å². The Bertz CT molecular complexity index is 1140. The van der Waals surface area contributed by atoms with E-state index < -0.39 is 35.1 Å². The molecule has 0 spiro atoms. The molecule has 31 heavy (non-hydrogen) atoms. The van der Waals surface area contributed by atoms with Crippen molar-refractivity contribution in [3.8, 4) is 5.69 Å². The van der Waals surface area contributed by atoms with Crippen molar-refractivity contribution in [1.29, 1.82) is 0 Å². The molecule has 1 aromatic heterocycles. The number of benzene rings is 2. The first kappa shape index (κ1) is 22.2. The number of carbonyl (C=O) groups is 1. The van der Waals surface area contributed by atoms with Gasteiger partial charge in [-0.25, -0.2) is 4.39 Å². The lowest BCUT2D eigenvalue weighted by Gasteiger charge is -2.23. The maximum absolute atomic E-state index is 13.2. The first-order valence-corrected chi connectivity index (χ1v) is 9.40. The number of amides is 1. The molecule has 2 aromatic carbocycles. The van der Waals surface area contributed by atoms with Gasteiger partial charge in [0.05, 0.1) is 17.3 Å². The Kier molecular flexibility index (Phi) is 6.24. The van der Waals surface area contributed by atoms with Crippen molar-refractivity contribution in [1.82, 2.24) is 15.1 Å². The Morgan fingerprint density at radius 3 is 2.32 bits per heavy atom. The third kappa shape index (κ3) is 5.17. The van der Waals surface area contributed by atoms with Gasteiger partial charge in [0.1, 0.15) is 11.5 Å². The van der Waals surface area contributed by atoms with Crippen molar-refractivity contribution in [2.24, 2.45) is 5.92 Å². The van der Waals surface area contributed by atoms with E-state index in [2.05, 4.69) is 10.4 Å². The van der Waals surface area contributed by atoms with Gasteiger partial charge >= 0.3 is 6.18 Å². The number of rotatable bonds is 5. The van der Waals surface area contributed by atoms with E-state index in [0.29, 0.717) is 5.56 Å². The number of hydrogen-bond acceptors (Lipinski definition) is 3. The van der Waals surface area contributed by atoms with Crippen molar-refractivity contribution in [2.45, 2.75) is 26.1 Å². The van der Waals surface area contributed by atoms with Crippen molar-refractivity contribution in [3.63, 3.8) is 0 Å². The lowest BCUT2D eigenvalue weighted by atomic mass is 9.94. The molecule has 5 nitrogen and oxygen atoms in total. The lowest BCUT2D eigenvalue weighted by Crippen LogP contribution is -2.34. The van der Waals surface area contributed by atoms with Crippen LogP contribution in [0.1, 0.15) is 41.5 Å². The van der Waals surface area contributed by atoms with Gasteiger partial charge in [-0.15, -0.1) is 0 Å². The zero-order valence-corrected chi connectivity index (χ0v) is 16.7. The van der Waals surface area contributed by atoms with Crippen molar-refractivity contribution in [3.05, 3.63) is 93.7 Å². The molecule has 0 aliphatic heterocycles. The second-order valence-corrected chi connectivity index (χ2v) is 7.26. The van der Waals surface area contributed by atoms with E-state index in [9.17, 15) is 27.2 Å². The van der Waals surface area contributed by atoms with Gasteiger partial charge in [0.25, 0.3) is 11.5 Å². The molecule has 0 saturated carbocycles. The molecule has 1 atom stereocenters. The summed E-state index contributed by atoms with van der Waals surface area (Å²) in [5, 5.41) is 6.72. The average Bonchev–Trinajstić information content (AvgIpc) is 2.72. The molecule has 0 fully saturated rings. The summed E-state index contributed by atoms with van der Waals surface area (Å²) in [5.41, 5.74) is -0.889. The van der Waals surface area contributed by atoms with Crippen LogP contribution in [0.15, 0.2) is 65.5 Å². The van der Waals surface area contributed by atoms with Crippen LogP contribution in [0, 0.1) is 11.7 Å². The smallest absolute Gasteiger partial charge is 0.344 e. The van der Waals surface area contributed by atoms with E-state index in [4.69, 9.17) is 0 Å². The molecule has 0 radical (unpaired) electrons. The highest BCUT2D eigenvalue weighted by molar-refractivity contribution is 5.92. The maximum Gasteiger partial charge on any atom is 0.416 e. The van der Waals surface area contributed by atoms with Crippen LogP contribution in [0.3, 0.4) is 0 Å². The topological polar surface area (TPSA) is 64.0 Å². The van der Waals surface area contributed by atoms with Crippen LogP contribution in [0.2, 0.25) is 0 Å². The standard InChI is InChI=1S/C22H19F4N3O2/c1-13(2)20(14-4-3-5-15(12-14)22(24,25)26)27-21(31)18-10-11-19(30)29(28-18)17-8-6-16(23)7-9-17/h3-13,20H,1-2H3,(H,27,31). The number of aromatic nitrogens is 2. The molecule has 0 saturated heterocycles. The fraction of sp³-hybridized carbons (Fsp3) is 0.227. The predicted octanol–water partition coefficient (Wildman–Crippen LogP) is 4.52. The van der Waals surface area contributed by atoms with Crippen LogP contribution in [0.5, 0.6) is 0 Å². The monoisotopic (exact) mass is 433 g/mol. The highest BCUT2D eigenvalue weighted by atomic mass is 19.4. The average molecular weight is 433 g/mol. The van der Waals surface area contributed by atoms with Gasteiger partial charge in [0.15, 0.2) is 0 Å². The molecule has 1 heterocycles. The number of carbonyl (C=O) groups excluding carboxylic acids is 1. The van der Waals surface area contributed by atoms with Crippen molar-refractivity contribution < 1.29 is 22.4 Å². The minimum absolute atomic E-state index is 0.110. The number of halogens is 4. The first-order valence-electron chi connectivity index (χ1n) is 9.40. The van der Waals surface area contributed by atoms with Crippen LogP contribution in [-0.4, -0.2) is 15.7 Å². The van der Waals surface area contributed by atoms with Gasteiger partial charge in [-0.2, -0.15) is 23.0 Å². The molecule has 1 unspecified atom stereocenters. The molecule has 1 N–H and O–H groups in total. The van der Waals surface area contributed by atoms with Crippen LogP contribution < -0.4 is 10.9 Å². The minimum atomic E-state index is -4.51. The summed E-state index contributed by atoms with van der Waals surface area (Å²) in [6, 6.07) is 11.4. The van der Waals surface area contributed by atoms with E-state index in [0.717, 1.165) is 35.0 Å². The summed E-state index contributed by atoms with van der Waals surface area (Å²) in [6.45, 7) is 3.52. The summed E-state index contributed by atoms with van der Waals surface area (Å²) < 4.78 is 53.3. The highest BCUT2D eigenvalue weighted by Gasteiger charge is 2.31. The summed E-state index contributed by atoms with van der Waals surface area (Å²) >= 11 is 0. The van der Waals surface area contributed by atoms with Gasteiger partial charge in [-0.05, 0) is 53.9 Å². The molecular weight excluding hydrogens is 414 g/mol. The van der Waals surface area contributed by atoms with Gasteiger partial charge in [-0.1, -0.05) is 26.0 Å².